The van der Waals surface area contributed by atoms with E-state index >= 15 is 0 Å². The normalized spacial score (nSPS) is 17.1. The summed E-state index contributed by atoms with van der Waals surface area (Å²) in [5.41, 5.74) is 2.68. The summed E-state index contributed by atoms with van der Waals surface area (Å²) in [6, 6.07) is 13.5. The van der Waals surface area contributed by atoms with Crippen molar-refractivity contribution in [3.63, 3.8) is 0 Å². The minimum atomic E-state index is -0.0294. The quantitative estimate of drug-likeness (QED) is 0.725. The first kappa shape index (κ1) is 17.7. The molecule has 2 aromatic heterocycles. The third-order valence-electron chi connectivity index (χ3n) is 4.98. The Balaban J connectivity index is 1.43. The minimum absolute atomic E-state index is 0.0294. The van der Waals surface area contributed by atoms with Crippen molar-refractivity contribution in [3.05, 3.63) is 59.4 Å². The first-order chi connectivity index (χ1) is 13.1. The second-order valence-corrected chi connectivity index (χ2v) is 7.35. The van der Waals surface area contributed by atoms with Gasteiger partial charge in [-0.25, -0.2) is 0 Å². The molecule has 0 unspecified atom stereocenters. The molecule has 1 amide bonds. The largest absolute Gasteiger partial charge is 0.353 e. The highest BCUT2D eigenvalue weighted by Gasteiger charge is 2.24. The van der Waals surface area contributed by atoms with E-state index in [1.54, 1.807) is 0 Å². The fraction of sp³-hybridized carbons (Fsp3) is 0.300. The van der Waals surface area contributed by atoms with E-state index in [2.05, 4.69) is 20.4 Å². The zero-order valence-electron chi connectivity index (χ0n) is 15.2. The second-order valence-electron chi connectivity index (χ2n) is 6.91. The van der Waals surface area contributed by atoms with E-state index < -0.39 is 0 Å². The van der Waals surface area contributed by atoms with Crippen LogP contribution in [0.3, 0.4) is 0 Å². The standard InChI is InChI=1S/C20H22ClN5O/c1-25-10-3-5-18(25)20(27)22-16-4-2-11-26(13-16)19-12-17(23-24-19)14-6-8-15(21)9-7-14/h3,5-10,12,16H,2,4,11,13H2,1H3,(H,22,27)(H,23,24)/t16-/m0/s1. The summed E-state index contributed by atoms with van der Waals surface area (Å²) in [4.78, 5) is 14.7. The SMILES string of the molecule is Cn1cccc1C(=O)N[C@H]1CCCN(c2cc(-c3ccc(Cl)cc3)[nH]n2)C1. The lowest BCUT2D eigenvalue weighted by atomic mass is 10.1. The Morgan fingerprint density at radius 2 is 2.11 bits per heavy atom. The number of hydrogen-bond acceptors (Lipinski definition) is 3. The zero-order valence-corrected chi connectivity index (χ0v) is 15.9. The molecule has 0 spiro atoms. The van der Waals surface area contributed by atoms with Gasteiger partial charge in [-0.2, -0.15) is 5.10 Å². The summed E-state index contributed by atoms with van der Waals surface area (Å²) in [6.45, 7) is 1.68. The van der Waals surface area contributed by atoms with Crippen LogP contribution in [-0.2, 0) is 7.05 Å². The van der Waals surface area contributed by atoms with Gasteiger partial charge in [-0.3, -0.25) is 9.89 Å². The van der Waals surface area contributed by atoms with Gasteiger partial charge in [-0.15, -0.1) is 0 Å². The Morgan fingerprint density at radius 3 is 2.85 bits per heavy atom. The predicted octanol–water partition coefficient (Wildman–Crippen LogP) is 3.47. The van der Waals surface area contributed by atoms with Crippen LogP contribution in [0.25, 0.3) is 11.3 Å². The zero-order chi connectivity index (χ0) is 18.8. The van der Waals surface area contributed by atoms with Crippen molar-refractivity contribution >= 4 is 23.3 Å². The fourth-order valence-electron chi connectivity index (χ4n) is 3.51. The molecule has 1 fully saturated rings. The summed E-state index contributed by atoms with van der Waals surface area (Å²) in [5, 5.41) is 11.4. The van der Waals surface area contributed by atoms with E-state index in [9.17, 15) is 4.79 Å². The molecule has 1 aromatic carbocycles. The number of aromatic nitrogens is 3. The smallest absolute Gasteiger partial charge is 0.268 e. The Morgan fingerprint density at radius 1 is 1.30 bits per heavy atom. The van der Waals surface area contributed by atoms with E-state index in [-0.39, 0.29) is 11.9 Å². The summed E-state index contributed by atoms with van der Waals surface area (Å²) < 4.78 is 1.84. The summed E-state index contributed by atoms with van der Waals surface area (Å²) in [7, 11) is 1.88. The number of rotatable bonds is 4. The van der Waals surface area contributed by atoms with Crippen LogP contribution in [-0.4, -0.2) is 39.8 Å². The van der Waals surface area contributed by atoms with E-state index in [4.69, 9.17) is 11.6 Å². The molecule has 0 radical (unpaired) electrons. The van der Waals surface area contributed by atoms with Crippen molar-refractivity contribution in [2.24, 2.45) is 7.05 Å². The first-order valence-electron chi connectivity index (χ1n) is 9.08. The molecular weight excluding hydrogens is 362 g/mol. The number of aryl methyl sites for hydroxylation is 1. The van der Waals surface area contributed by atoms with Crippen molar-refractivity contribution in [1.29, 1.82) is 0 Å². The van der Waals surface area contributed by atoms with Crippen LogP contribution in [0, 0.1) is 0 Å². The van der Waals surface area contributed by atoms with E-state index in [1.807, 2.05) is 60.3 Å². The molecule has 4 rings (SSSR count). The Hall–Kier alpha value is -2.73. The van der Waals surface area contributed by atoms with Crippen molar-refractivity contribution in [2.45, 2.75) is 18.9 Å². The van der Waals surface area contributed by atoms with Crippen molar-refractivity contribution in [2.75, 3.05) is 18.0 Å². The lowest BCUT2D eigenvalue weighted by molar-refractivity contribution is 0.0925. The molecule has 27 heavy (non-hydrogen) atoms. The number of hydrogen-bond donors (Lipinski definition) is 2. The van der Waals surface area contributed by atoms with Gasteiger partial charge in [0.25, 0.3) is 5.91 Å². The number of carbonyl (C=O) groups excluding carboxylic acids is 1. The molecule has 7 heteroatoms. The van der Waals surface area contributed by atoms with Gasteiger partial charge in [0.15, 0.2) is 5.82 Å². The Kier molecular flexibility index (Phi) is 4.90. The van der Waals surface area contributed by atoms with Gasteiger partial charge in [-0.1, -0.05) is 23.7 Å². The number of nitrogens with one attached hydrogen (secondary N) is 2. The van der Waals surface area contributed by atoms with Crippen LogP contribution in [0.2, 0.25) is 5.02 Å². The maximum atomic E-state index is 12.5. The predicted molar refractivity (Wildman–Crippen MR) is 107 cm³/mol. The van der Waals surface area contributed by atoms with E-state index in [0.717, 1.165) is 43.0 Å². The van der Waals surface area contributed by atoms with Crippen LogP contribution < -0.4 is 10.2 Å². The number of halogens is 1. The van der Waals surface area contributed by atoms with Gasteiger partial charge >= 0.3 is 0 Å². The lowest BCUT2D eigenvalue weighted by Crippen LogP contribution is -2.48. The summed E-state index contributed by atoms with van der Waals surface area (Å²) in [6.07, 6.45) is 3.87. The monoisotopic (exact) mass is 383 g/mol. The number of anilines is 1. The minimum Gasteiger partial charge on any atom is -0.353 e. The highest BCUT2D eigenvalue weighted by atomic mass is 35.5. The van der Waals surface area contributed by atoms with Gasteiger partial charge in [-0.05, 0) is 42.7 Å². The van der Waals surface area contributed by atoms with Crippen LogP contribution >= 0.6 is 11.6 Å². The fourth-order valence-corrected chi connectivity index (χ4v) is 3.64. The molecule has 1 aliphatic heterocycles. The third-order valence-corrected chi connectivity index (χ3v) is 5.23. The molecule has 1 aliphatic rings. The van der Waals surface area contributed by atoms with Crippen molar-refractivity contribution < 1.29 is 4.79 Å². The number of piperidine rings is 1. The van der Waals surface area contributed by atoms with Crippen LogP contribution in [0.5, 0.6) is 0 Å². The highest BCUT2D eigenvalue weighted by molar-refractivity contribution is 6.30. The maximum absolute atomic E-state index is 12.5. The molecule has 3 heterocycles. The van der Waals surface area contributed by atoms with Crippen molar-refractivity contribution in [1.82, 2.24) is 20.1 Å². The van der Waals surface area contributed by atoms with Gasteiger partial charge in [0.1, 0.15) is 5.69 Å². The lowest BCUT2D eigenvalue weighted by Gasteiger charge is -2.33. The van der Waals surface area contributed by atoms with E-state index in [1.165, 1.54) is 0 Å². The number of benzene rings is 1. The van der Waals surface area contributed by atoms with Crippen molar-refractivity contribution in [3.8, 4) is 11.3 Å². The molecule has 0 bridgehead atoms. The van der Waals surface area contributed by atoms with Gasteiger partial charge in [0, 0.05) is 43.5 Å². The summed E-state index contributed by atoms with van der Waals surface area (Å²) >= 11 is 5.96. The number of nitrogens with zero attached hydrogens (tertiary/aromatic N) is 3. The molecule has 0 saturated carbocycles. The molecule has 2 N–H and O–H groups in total. The first-order valence-corrected chi connectivity index (χ1v) is 9.46. The van der Waals surface area contributed by atoms with Gasteiger partial charge < -0.3 is 14.8 Å². The van der Waals surface area contributed by atoms with Crippen LogP contribution in [0.1, 0.15) is 23.3 Å². The average Bonchev–Trinajstić information content (AvgIpc) is 3.32. The van der Waals surface area contributed by atoms with Crippen LogP contribution in [0.15, 0.2) is 48.7 Å². The number of aromatic amines is 1. The molecule has 3 aromatic rings. The molecular formula is C20H22ClN5O. The topological polar surface area (TPSA) is 66.0 Å². The number of carbonyl (C=O) groups is 1. The van der Waals surface area contributed by atoms with E-state index in [0.29, 0.717) is 10.7 Å². The second kappa shape index (κ2) is 7.48. The maximum Gasteiger partial charge on any atom is 0.268 e. The van der Waals surface area contributed by atoms with Gasteiger partial charge in [0.05, 0.1) is 5.69 Å². The molecule has 140 valence electrons. The third kappa shape index (κ3) is 3.85. The Labute approximate surface area is 163 Å². The van der Waals surface area contributed by atoms with Gasteiger partial charge in [0.2, 0.25) is 0 Å². The number of H-pyrrole nitrogens is 1. The molecule has 1 saturated heterocycles. The molecule has 0 aliphatic carbocycles. The molecule has 6 nitrogen and oxygen atoms in total. The molecule has 1 atom stereocenters. The average molecular weight is 384 g/mol. The van der Waals surface area contributed by atoms with Crippen LogP contribution in [0.4, 0.5) is 5.82 Å². The number of amides is 1. The summed E-state index contributed by atoms with van der Waals surface area (Å²) in [5.74, 6) is 0.871. The highest BCUT2D eigenvalue weighted by Crippen LogP contribution is 2.25. The Bertz CT molecular complexity index is 930.